The average Bonchev–Trinajstić information content (AvgIpc) is 2.85. The number of hydrogen-bond acceptors (Lipinski definition) is 2. The fraction of sp³-hybridized carbons (Fsp3) is 0.308. The van der Waals surface area contributed by atoms with E-state index in [2.05, 4.69) is 14.5 Å². The Balaban J connectivity index is 1.97. The van der Waals surface area contributed by atoms with Crippen LogP contribution in [-0.4, -0.2) is 16.1 Å². The van der Waals surface area contributed by atoms with Crippen LogP contribution in [0.2, 0.25) is 5.02 Å². The molecule has 1 aliphatic rings. The maximum atomic E-state index is 6.32. The summed E-state index contributed by atoms with van der Waals surface area (Å²) in [5.41, 5.74) is 2.12. The molecule has 0 bridgehead atoms. The molecule has 0 saturated carbocycles. The first-order chi connectivity index (χ1) is 8.79. The van der Waals surface area contributed by atoms with Crippen molar-refractivity contribution in [1.82, 2.24) is 9.55 Å². The van der Waals surface area contributed by atoms with Gasteiger partial charge in [-0.15, -0.1) is 11.6 Å². The van der Waals surface area contributed by atoms with Crippen LogP contribution in [0.1, 0.15) is 11.4 Å². The summed E-state index contributed by atoms with van der Waals surface area (Å²) in [6.45, 7) is 2.64. The van der Waals surface area contributed by atoms with Crippen LogP contribution in [0.3, 0.4) is 0 Å². The highest BCUT2D eigenvalue weighted by atomic mass is 35.5. The number of hydrogen-bond donors (Lipinski definition) is 0. The summed E-state index contributed by atoms with van der Waals surface area (Å²) in [7, 11) is 0. The molecule has 0 saturated heterocycles. The Morgan fingerprint density at radius 3 is 3.00 bits per heavy atom. The van der Waals surface area contributed by atoms with Gasteiger partial charge in [0.25, 0.3) is 0 Å². The third-order valence-electron chi connectivity index (χ3n) is 3.28. The molecule has 0 N–H and O–H groups in total. The van der Waals surface area contributed by atoms with Gasteiger partial charge in [0.05, 0.1) is 17.3 Å². The van der Waals surface area contributed by atoms with E-state index in [-0.39, 0.29) is 0 Å². The Kier molecular flexibility index (Phi) is 3.18. The number of para-hydroxylation sites is 1. The zero-order valence-corrected chi connectivity index (χ0v) is 11.3. The Bertz CT molecular complexity index is 565. The second kappa shape index (κ2) is 4.82. The predicted molar refractivity (Wildman–Crippen MR) is 74.3 cm³/mol. The number of benzene rings is 1. The van der Waals surface area contributed by atoms with Gasteiger partial charge in [0.2, 0.25) is 0 Å². The SMILES string of the molecule is ClCc1cccc(Cl)c1N1CCn2ccnc2C1. The third-order valence-corrected chi connectivity index (χ3v) is 3.87. The minimum absolute atomic E-state index is 0.473. The topological polar surface area (TPSA) is 21.1 Å². The van der Waals surface area contributed by atoms with Crippen molar-refractivity contribution >= 4 is 28.9 Å². The van der Waals surface area contributed by atoms with Gasteiger partial charge in [0, 0.05) is 31.4 Å². The number of anilines is 1. The van der Waals surface area contributed by atoms with Gasteiger partial charge in [-0.1, -0.05) is 23.7 Å². The van der Waals surface area contributed by atoms with Crippen LogP contribution in [0.15, 0.2) is 30.6 Å². The molecule has 18 heavy (non-hydrogen) atoms. The number of alkyl halides is 1. The highest BCUT2D eigenvalue weighted by Gasteiger charge is 2.20. The number of halogens is 2. The molecule has 1 aromatic heterocycles. The zero-order chi connectivity index (χ0) is 12.5. The first-order valence-corrected chi connectivity index (χ1v) is 6.79. The van der Waals surface area contributed by atoms with E-state index in [0.717, 1.165) is 41.7 Å². The first-order valence-electron chi connectivity index (χ1n) is 5.88. The highest BCUT2D eigenvalue weighted by Crippen LogP contribution is 2.33. The Morgan fingerprint density at radius 2 is 2.17 bits per heavy atom. The summed E-state index contributed by atoms with van der Waals surface area (Å²) in [5.74, 6) is 1.54. The summed E-state index contributed by atoms with van der Waals surface area (Å²) in [4.78, 5) is 6.62. The minimum Gasteiger partial charge on any atom is -0.361 e. The van der Waals surface area contributed by atoms with Crippen LogP contribution >= 0.6 is 23.2 Å². The molecule has 0 aliphatic carbocycles. The lowest BCUT2D eigenvalue weighted by Gasteiger charge is -2.31. The number of rotatable bonds is 2. The average molecular weight is 282 g/mol. The molecule has 5 heteroatoms. The molecule has 94 valence electrons. The second-order valence-corrected chi connectivity index (χ2v) is 5.01. The van der Waals surface area contributed by atoms with Crippen molar-refractivity contribution in [2.75, 3.05) is 11.4 Å². The van der Waals surface area contributed by atoms with E-state index >= 15 is 0 Å². The normalized spacial score (nSPS) is 14.7. The highest BCUT2D eigenvalue weighted by molar-refractivity contribution is 6.33. The predicted octanol–water partition coefficient (Wildman–Crippen LogP) is 3.30. The molecular weight excluding hydrogens is 269 g/mol. The van der Waals surface area contributed by atoms with E-state index in [1.807, 2.05) is 30.6 Å². The van der Waals surface area contributed by atoms with Crippen LogP contribution in [-0.2, 0) is 19.0 Å². The number of aromatic nitrogens is 2. The Morgan fingerprint density at radius 1 is 1.28 bits per heavy atom. The van der Waals surface area contributed by atoms with Crippen molar-refractivity contribution < 1.29 is 0 Å². The van der Waals surface area contributed by atoms with Gasteiger partial charge in [-0.2, -0.15) is 0 Å². The van der Waals surface area contributed by atoms with Gasteiger partial charge < -0.3 is 9.47 Å². The van der Waals surface area contributed by atoms with E-state index in [0.29, 0.717) is 5.88 Å². The van der Waals surface area contributed by atoms with E-state index < -0.39 is 0 Å². The standard InChI is InChI=1S/C13H13Cl2N3/c14-8-10-2-1-3-11(15)13(10)18-7-6-17-5-4-16-12(17)9-18/h1-5H,6-9H2. The smallest absolute Gasteiger partial charge is 0.128 e. The summed E-state index contributed by atoms with van der Waals surface area (Å²) in [6.07, 6.45) is 3.86. The van der Waals surface area contributed by atoms with Gasteiger partial charge in [0.1, 0.15) is 5.82 Å². The van der Waals surface area contributed by atoms with Gasteiger partial charge in [-0.05, 0) is 11.6 Å². The van der Waals surface area contributed by atoms with Crippen molar-refractivity contribution in [2.45, 2.75) is 19.0 Å². The van der Waals surface area contributed by atoms with Crippen molar-refractivity contribution in [3.05, 3.63) is 47.0 Å². The lowest BCUT2D eigenvalue weighted by Crippen LogP contribution is -2.34. The quantitative estimate of drug-likeness (QED) is 0.788. The fourth-order valence-electron chi connectivity index (χ4n) is 2.39. The van der Waals surface area contributed by atoms with Gasteiger partial charge in [0.15, 0.2) is 0 Å². The van der Waals surface area contributed by atoms with E-state index in [9.17, 15) is 0 Å². The van der Waals surface area contributed by atoms with Gasteiger partial charge >= 0.3 is 0 Å². The van der Waals surface area contributed by atoms with Crippen LogP contribution in [0.25, 0.3) is 0 Å². The van der Waals surface area contributed by atoms with Crippen LogP contribution in [0.4, 0.5) is 5.69 Å². The molecule has 0 fully saturated rings. The van der Waals surface area contributed by atoms with Crippen molar-refractivity contribution in [2.24, 2.45) is 0 Å². The van der Waals surface area contributed by atoms with Crippen LogP contribution in [0, 0.1) is 0 Å². The minimum atomic E-state index is 0.473. The van der Waals surface area contributed by atoms with E-state index in [1.165, 1.54) is 0 Å². The summed E-state index contributed by atoms with van der Waals surface area (Å²) < 4.78 is 2.17. The molecule has 0 radical (unpaired) electrons. The lowest BCUT2D eigenvalue weighted by molar-refractivity contribution is 0.559. The molecule has 1 aromatic carbocycles. The second-order valence-electron chi connectivity index (χ2n) is 4.34. The third kappa shape index (κ3) is 1.98. The number of imidazole rings is 1. The van der Waals surface area contributed by atoms with Gasteiger partial charge in [-0.25, -0.2) is 4.98 Å². The zero-order valence-electron chi connectivity index (χ0n) is 9.81. The maximum Gasteiger partial charge on any atom is 0.128 e. The fourth-order valence-corrected chi connectivity index (χ4v) is 2.92. The molecule has 1 aliphatic heterocycles. The largest absolute Gasteiger partial charge is 0.361 e. The number of fused-ring (bicyclic) bond motifs is 1. The molecule has 3 rings (SSSR count). The molecule has 2 aromatic rings. The van der Waals surface area contributed by atoms with E-state index in [1.54, 1.807) is 0 Å². The summed E-state index contributed by atoms with van der Waals surface area (Å²) in [5, 5.41) is 0.758. The van der Waals surface area contributed by atoms with Crippen molar-refractivity contribution in [3.8, 4) is 0 Å². The Labute approximate surface area is 116 Å². The first kappa shape index (κ1) is 11.9. The van der Waals surface area contributed by atoms with Crippen molar-refractivity contribution in [1.29, 1.82) is 0 Å². The summed E-state index contributed by atoms with van der Waals surface area (Å²) in [6, 6.07) is 5.87. The molecule has 0 atom stereocenters. The molecule has 0 unspecified atom stereocenters. The van der Waals surface area contributed by atoms with Crippen LogP contribution < -0.4 is 4.90 Å². The summed E-state index contributed by atoms with van der Waals surface area (Å²) >= 11 is 12.3. The van der Waals surface area contributed by atoms with E-state index in [4.69, 9.17) is 23.2 Å². The molecular formula is C13H13Cl2N3. The Hall–Kier alpha value is -1.19. The molecule has 0 spiro atoms. The van der Waals surface area contributed by atoms with Gasteiger partial charge in [-0.3, -0.25) is 0 Å². The van der Waals surface area contributed by atoms with Crippen molar-refractivity contribution in [3.63, 3.8) is 0 Å². The van der Waals surface area contributed by atoms with Crippen LogP contribution in [0.5, 0.6) is 0 Å². The number of nitrogens with zero attached hydrogens (tertiary/aromatic N) is 3. The molecule has 0 amide bonds. The molecule has 3 nitrogen and oxygen atoms in total. The molecule has 2 heterocycles. The lowest BCUT2D eigenvalue weighted by atomic mass is 10.1. The monoisotopic (exact) mass is 281 g/mol. The maximum absolute atomic E-state index is 6.32.